The number of hydrogen-bond donors (Lipinski definition) is 1. The Morgan fingerprint density at radius 1 is 1.15 bits per heavy atom. The van der Waals surface area contributed by atoms with Crippen LogP contribution in [0.3, 0.4) is 0 Å². The lowest BCUT2D eigenvalue weighted by Crippen LogP contribution is -2.48. The summed E-state index contributed by atoms with van der Waals surface area (Å²) in [7, 11) is -3.95. The number of ether oxygens (including phenoxy) is 2. The minimum absolute atomic E-state index is 0.00965. The van der Waals surface area contributed by atoms with Crippen LogP contribution in [0.15, 0.2) is 23.1 Å². The molecule has 10 heteroatoms. The molecule has 1 saturated carbocycles. The van der Waals surface area contributed by atoms with Gasteiger partial charge < -0.3 is 14.8 Å². The number of carbonyl (C=O) groups is 2. The zero-order valence-electron chi connectivity index (χ0n) is 19.5. The zero-order valence-corrected chi connectivity index (χ0v) is 21.1. The minimum atomic E-state index is -3.95. The van der Waals surface area contributed by atoms with Crippen molar-refractivity contribution in [3.8, 4) is 0 Å². The molecule has 2 aliphatic rings. The average Bonchev–Trinajstić information content (AvgIpc) is 2.74. The smallest absolute Gasteiger partial charge is 0.338 e. The number of carbonyl (C=O) groups excluding carboxylic acids is 2. The summed E-state index contributed by atoms with van der Waals surface area (Å²) < 4.78 is 38.7. The van der Waals surface area contributed by atoms with Crippen LogP contribution in [0.1, 0.15) is 63.7 Å². The van der Waals surface area contributed by atoms with Gasteiger partial charge in [0.05, 0.1) is 22.8 Å². The first-order chi connectivity index (χ1) is 15.5. The lowest BCUT2D eigenvalue weighted by molar-refractivity contribution is -0.130. The third-order valence-electron chi connectivity index (χ3n) is 6.26. The second-order valence-corrected chi connectivity index (χ2v) is 11.5. The summed E-state index contributed by atoms with van der Waals surface area (Å²) in [5.74, 6) is -0.772. The largest absolute Gasteiger partial charge is 0.449 e. The van der Waals surface area contributed by atoms with Gasteiger partial charge in [-0.2, -0.15) is 4.31 Å². The van der Waals surface area contributed by atoms with Gasteiger partial charge in [0.15, 0.2) is 6.10 Å². The van der Waals surface area contributed by atoms with Crippen molar-refractivity contribution in [1.29, 1.82) is 0 Å². The van der Waals surface area contributed by atoms with Gasteiger partial charge >= 0.3 is 5.97 Å². The zero-order chi connectivity index (χ0) is 24.3. The fourth-order valence-electron chi connectivity index (χ4n) is 4.41. The summed E-state index contributed by atoms with van der Waals surface area (Å²) in [6.45, 7) is 7.59. The van der Waals surface area contributed by atoms with Crippen LogP contribution in [0.2, 0.25) is 5.02 Å². The van der Waals surface area contributed by atoms with Crippen LogP contribution < -0.4 is 5.32 Å². The molecule has 1 saturated heterocycles. The lowest BCUT2D eigenvalue weighted by atomic mass is 9.86. The quantitative estimate of drug-likeness (QED) is 0.601. The highest BCUT2D eigenvalue weighted by Gasteiger charge is 2.34. The SMILES string of the molecule is CC1CN(S(=O)(=O)c2cc(C(=O)OC(C)C(=O)NC3CCCCC3C)ccc2Cl)CC(C)O1. The van der Waals surface area contributed by atoms with Crippen LogP contribution in [0.25, 0.3) is 0 Å². The molecule has 8 nitrogen and oxygen atoms in total. The summed E-state index contributed by atoms with van der Waals surface area (Å²) in [6, 6.07) is 4.02. The number of halogens is 1. The van der Waals surface area contributed by atoms with Crippen molar-refractivity contribution in [3.05, 3.63) is 28.8 Å². The van der Waals surface area contributed by atoms with Gasteiger partial charge in [-0.05, 0) is 57.7 Å². The van der Waals surface area contributed by atoms with E-state index in [1.807, 2.05) is 0 Å². The maximum Gasteiger partial charge on any atom is 0.338 e. The molecule has 0 bridgehead atoms. The number of amides is 1. The molecule has 1 heterocycles. The molecule has 184 valence electrons. The van der Waals surface area contributed by atoms with Crippen molar-refractivity contribution < 1.29 is 27.5 Å². The number of rotatable bonds is 6. The van der Waals surface area contributed by atoms with Crippen LogP contribution in [-0.4, -0.2) is 62.0 Å². The third-order valence-corrected chi connectivity index (χ3v) is 8.58. The molecule has 1 aliphatic heterocycles. The maximum atomic E-state index is 13.2. The van der Waals surface area contributed by atoms with Crippen molar-refractivity contribution in [2.45, 2.75) is 82.6 Å². The predicted octanol–water partition coefficient (Wildman–Crippen LogP) is 3.38. The first-order valence-corrected chi connectivity index (χ1v) is 13.3. The summed E-state index contributed by atoms with van der Waals surface area (Å²) in [5, 5.41) is 2.98. The van der Waals surface area contributed by atoms with E-state index in [9.17, 15) is 18.0 Å². The Morgan fingerprint density at radius 2 is 1.79 bits per heavy atom. The second kappa shape index (κ2) is 10.7. The highest BCUT2D eigenvalue weighted by atomic mass is 35.5. The summed E-state index contributed by atoms with van der Waals surface area (Å²) >= 11 is 6.20. The van der Waals surface area contributed by atoms with Gasteiger partial charge in [-0.3, -0.25) is 4.79 Å². The van der Waals surface area contributed by atoms with Crippen LogP contribution >= 0.6 is 11.6 Å². The number of benzene rings is 1. The Hall–Kier alpha value is -1.68. The van der Waals surface area contributed by atoms with Gasteiger partial charge in [0.2, 0.25) is 10.0 Å². The third kappa shape index (κ3) is 6.26. The van der Waals surface area contributed by atoms with Gasteiger partial charge in [0.25, 0.3) is 5.91 Å². The Kier molecular flexibility index (Phi) is 8.42. The van der Waals surface area contributed by atoms with Crippen molar-refractivity contribution in [2.75, 3.05) is 13.1 Å². The summed E-state index contributed by atoms with van der Waals surface area (Å²) in [6.07, 6.45) is 2.65. The molecule has 0 aromatic heterocycles. The minimum Gasteiger partial charge on any atom is -0.449 e. The topological polar surface area (TPSA) is 102 Å². The first-order valence-electron chi connectivity index (χ1n) is 11.5. The van der Waals surface area contributed by atoms with Gasteiger partial charge in [0, 0.05) is 19.1 Å². The molecule has 0 spiro atoms. The van der Waals surface area contributed by atoms with E-state index >= 15 is 0 Å². The standard InChI is InChI=1S/C23H33ClN2O6S/c1-14-7-5-6-8-20(14)25-22(27)17(4)32-23(28)18-9-10-19(24)21(11-18)33(29,30)26-12-15(2)31-16(3)13-26/h9-11,14-17,20H,5-8,12-13H2,1-4H3,(H,25,27). The number of sulfonamides is 1. The van der Waals surface area contributed by atoms with E-state index < -0.39 is 22.1 Å². The van der Waals surface area contributed by atoms with E-state index in [1.54, 1.807) is 13.8 Å². The molecule has 3 rings (SSSR count). The number of morpholine rings is 1. The molecule has 33 heavy (non-hydrogen) atoms. The average molecular weight is 501 g/mol. The fourth-order valence-corrected chi connectivity index (χ4v) is 6.50. The predicted molar refractivity (Wildman–Crippen MR) is 125 cm³/mol. The Morgan fingerprint density at radius 3 is 2.42 bits per heavy atom. The molecule has 5 unspecified atom stereocenters. The van der Waals surface area contributed by atoms with Gasteiger partial charge in [-0.25, -0.2) is 13.2 Å². The number of nitrogens with zero attached hydrogens (tertiary/aromatic N) is 1. The number of esters is 1. The monoisotopic (exact) mass is 500 g/mol. The molecule has 1 aromatic rings. The van der Waals surface area contributed by atoms with Crippen molar-refractivity contribution in [3.63, 3.8) is 0 Å². The first kappa shape index (κ1) is 25.9. The molecular weight excluding hydrogens is 468 g/mol. The Bertz CT molecular complexity index is 975. The lowest BCUT2D eigenvalue weighted by Gasteiger charge is -2.34. The van der Waals surface area contributed by atoms with E-state index in [-0.39, 0.29) is 52.7 Å². The number of nitrogens with one attached hydrogen (secondary N) is 1. The molecule has 2 fully saturated rings. The van der Waals surface area contributed by atoms with Crippen LogP contribution in [0, 0.1) is 5.92 Å². The van der Waals surface area contributed by atoms with Crippen LogP contribution in [-0.2, 0) is 24.3 Å². The van der Waals surface area contributed by atoms with E-state index in [0.29, 0.717) is 5.92 Å². The molecule has 5 atom stereocenters. The Labute approximate surface area is 201 Å². The van der Waals surface area contributed by atoms with Crippen LogP contribution in [0.4, 0.5) is 0 Å². The van der Waals surface area contributed by atoms with E-state index in [0.717, 1.165) is 25.7 Å². The van der Waals surface area contributed by atoms with Crippen molar-refractivity contribution in [1.82, 2.24) is 9.62 Å². The molecule has 1 aromatic carbocycles. The molecule has 1 N–H and O–H groups in total. The van der Waals surface area contributed by atoms with Crippen molar-refractivity contribution in [2.24, 2.45) is 5.92 Å². The van der Waals surface area contributed by atoms with Crippen molar-refractivity contribution >= 4 is 33.5 Å². The maximum absolute atomic E-state index is 13.2. The number of hydrogen-bond acceptors (Lipinski definition) is 6. The summed E-state index contributed by atoms with van der Waals surface area (Å²) in [4.78, 5) is 25.1. The normalized spacial score (nSPS) is 27.5. The highest BCUT2D eigenvalue weighted by molar-refractivity contribution is 7.89. The second-order valence-electron chi connectivity index (χ2n) is 9.15. The molecule has 1 amide bonds. The molecule has 0 radical (unpaired) electrons. The summed E-state index contributed by atoms with van der Waals surface area (Å²) in [5.41, 5.74) is 0.0121. The van der Waals surface area contributed by atoms with Crippen LogP contribution in [0.5, 0.6) is 0 Å². The fraction of sp³-hybridized carbons (Fsp3) is 0.652. The van der Waals surface area contributed by atoms with E-state index in [4.69, 9.17) is 21.1 Å². The van der Waals surface area contributed by atoms with E-state index in [1.165, 1.54) is 29.4 Å². The molecular formula is C23H33ClN2O6S. The van der Waals surface area contributed by atoms with Gasteiger partial charge in [0.1, 0.15) is 4.90 Å². The molecule has 1 aliphatic carbocycles. The van der Waals surface area contributed by atoms with Gasteiger partial charge in [-0.15, -0.1) is 0 Å². The van der Waals surface area contributed by atoms with E-state index in [2.05, 4.69) is 12.2 Å². The highest BCUT2D eigenvalue weighted by Crippen LogP contribution is 2.29. The van der Waals surface area contributed by atoms with Gasteiger partial charge in [-0.1, -0.05) is 31.4 Å². The Balaban J connectivity index is 1.71.